The Morgan fingerprint density at radius 1 is 1.17 bits per heavy atom. The molecule has 1 aromatic heterocycles. The van der Waals surface area contributed by atoms with Crippen molar-refractivity contribution in [3.8, 4) is 0 Å². The van der Waals surface area contributed by atoms with Crippen LogP contribution < -0.4 is 11.2 Å². The molecule has 0 amide bonds. The molecule has 17 heteroatoms. The third kappa shape index (κ3) is 5.12. The molecule has 162 valence electrons. The van der Waals surface area contributed by atoms with Crippen LogP contribution in [-0.4, -0.2) is 35.7 Å². The summed E-state index contributed by atoms with van der Waals surface area (Å²) in [6, 6.07) is -0.442. The van der Waals surface area contributed by atoms with E-state index in [4.69, 9.17) is 19.2 Å². The van der Waals surface area contributed by atoms with E-state index in [0.717, 1.165) is 0 Å². The lowest BCUT2D eigenvalue weighted by atomic mass is 10.1. The van der Waals surface area contributed by atoms with Crippen molar-refractivity contribution in [2.24, 2.45) is 11.3 Å². The standard InChI is InChI=1S/C12H17N2O12P3/c1-7-5-14(11(16)13-10(7)15)9-2-3-12(4-8(9)12)6-24-28(20,21)26-29(22,23)25-27(17,18)19/h2-3,5,8-9H,4,6H2,1H3,(H,20,21)(H,22,23)(H,13,15,16)(H2,17,18,19)/t8-,9+,12-/m1/s1. The fourth-order valence-corrected chi connectivity index (χ4v) is 6.34. The molecule has 2 aliphatic rings. The molecule has 0 aromatic carbocycles. The lowest BCUT2D eigenvalue weighted by Crippen LogP contribution is -2.33. The maximum atomic E-state index is 12.0. The van der Waals surface area contributed by atoms with Crippen molar-refractivity contribution in [3.63, 3.8) is 0 Å². The summed E-state index contributed by atoms with van der Waals surface area (Å²) in [6.45, 7) is 1.09. The van der Waals surface area contributed by atoms with Crippen LogP contribution >= 0.6 is 23.5 Å². The number of aryl methyl sites for hydroxylation is 1. The number of aromatic amines is 1. The van der Waals surface area contributed by atoms with Gasteiger partial charge in [-0.3, -0.25) is 18.9 Å². The van der Waals surface area contributed by atoms with E-state index in [1.54, 1.807) is 12.2 Å². The van der Waals surface area contributed by atoms with E-state index in [1.807, 2.05) is 0 Å². The van der Waals surface area contributed by atoms with Gasteiger partial charge >= 0.3 is 29.2 Å². The highest BCUT2D eigenvalue weighted by Gasteiger charge is 2.60. The van der Waals surface area contributed by atoms with Crippen LogP contribution in [0, 0.1) is 18.3 Å². The molecule has 29 heavy (non-hydrogen) atoms. The average molecular weight is 474 g/mol. The van der Waals surface area contributed by atoms with Crippen LogP contribution in [0.15, 0.2) is 27.9 Å². The van der Waals surface area contributed by atoms with E-state index in [9.17, 15) is 28.2 Å². The number of fused-ring (bicyclic) bond motifs is 1. The lowest BCUT2D eigenvalue weighted by Gasteiger charge is -2.18. The van der Waals surface area contributed by atoms with Crippen molar-refractivity contribution in [3.05, 3.63) is 44.8 Å². The zero-order chi connectivity index (χ0) is 21.8. The van der Waals surface area contributed by atoms with Crippen molar-refractivity contribution in [1.29, 1.82) is 0 Å². The fourth-order valence-electron chi connectivity index (χ4n) is 3.24. The molecule has 0 radical (unpaired) electrons. The van der Waals surface area contributed by atoms with Gasteiger partial charge in [0.25, 0.3) is 5.56 Å². The smallest absolute Gasteiger partial charge is 0.302 e. The molecule has 2 unspecified atom stereocenters. The minimum Gasteiger partial charge on any atom is -0.302 e. The van der Waals surface area contributed by atoms with Crippen LogP contribution in [0.1, 0.15) is 18.0 Å². The van der Waals surface area contributed by atoms with Crippen LogP contribution in [0.2, 0.25) is 0 Å². The third-order valence-electron chi connectivity index (χ3n) is 4.60. The van der Waals surface area contributed by atoms with Gasteiger partial charge in [0.15, 0.2) is 0 Å². The molecular formula is C12H17N2O12P3. The number of allylic oxidation sites excluding steroid dienone is 1. The van der Waals surface area contributed by atoms with Crippen molar-refractivity contribution in [2.45, 2.75) is 19.4 Å². The Balaban J connectivity index is 1.66. The molecule has 1 heterocycles. The van der Waals surface area contributed by atoms with Gasteiger partial charge in [-0.2, -0.15) is 8.62 Å². The predicted octanol–water partition coefficient (Wildman–Crippen LogP) is 0.306. The quantitative estimate of drug-likeness (QED) is 0.254. The Hall–Kier alpha value is -1.17. The number of nitrogens with one attached hydrogen (secondary N) is 1. The first-order chi connectivity index (χ1) is 13.1. The van der Waals surface area contributed by atoms with Gasteiger partial charge in [-0.05, 0) is 19.3 Å². The third-order valence-corrected chi connectivity index (χ3v) is 8.38. The maximum Gasteiger partial charge on any atom is 0.490 e. The second kappa shape index (κ2) is 7.21. The van der Waals surface area contributed by atoms with Crippen molar-refractivity contribution in [1.82, 2.24) is 9.55 Å². The van der Waals surface area contributed by atoms with Gasteiger partial charge in [0, 0.05) is 17.2 Å². The second-order valence-corrected chi connectivity index (χ2v) is 11.2. The summed E-state index contributed by atoms with van der Waals surface area (Å²) in [5.41, 5.74) is -1.56. The van der Waals surface area contributed by atoms with E-state index in [1.165, 1.54) is 17.7 Å². The van der Waals surface area contributed by atoms with E-state index >= 15 is 0 Å². The van der Waals surface area contributed by atoms with E-state index < -0.39 is 52.8 Å². The number of hydrogen-bond donors (Lipinski definition) is 5. The lowest BCUT2D eigenvalue weighted by molar-refractivity contribution is 0.154. The minimum atomic E-state index is -5.58. The first kappa shape index (κ1) is 22.5. The first-order valence-electron chi connectivity index (χ1n) is 7.93. The SMILES string of the molecule is Cc1cn([C@H]2C=C[C@]3(COP(=O)(O)OP(=O)(O)OP(=O)(O)O)C[C@H]23)c(=O)[nH]c1=O. The molecule has 1 saturated carbocycles. The summed E-state index contributed by atoms with van der Waals surface area (Å²) in [4.78, 5) is 61.4. The summed E-state index contributed by atoms with van der Waals surface area (Å²) in [6.07, 6.45) is 5.16. The Morgan fingerprint density at radius 3 is 2.41 bits per heavy atom. The molecular weight excluding hydrogens is 457 g/mol. The number of aromatic nitrogens is 2. The Kier molecular flexibility index (Phi) is 5.60. The number of rotatable bonds is 8. The van der Waals surface area contributed by atoms with Gasteiger partial charge in [-0.1, -0.05) is 12.2 Å². The van der Waals surface area contributed by atoms with Gasteiger partial charge in [0.05, 0.1) is 12.6 Å². The average Bonchev–Trinajstić information content (AvgIpc) is 3.12. The summed E-state index contributed by atoms with van der Waals surface area (Å²) in [5.74, 6) is -0.210. The molecule has 0 saturated heterocycles. The second-order valence-electron chi connectivity index (χ2n) is 6.74. The van der Waals surface area contributed by atoms with Gasteiger partial charge < -0.3 is 19.6 Å². The fraction of sp³-hybridized carbons (Fsp3) is 0.500. The molecule has 1 fully saturated rings. The zero-order valence-corrected chi connectivity index (χ0v) is 17.3. The molecule has 1 aromatic rings. The number of phosphoric acid groups is 3. The summed E-state index contributed by atoms with van der Waals surface area (Å²) < 4.78 is 47.1. The van der Waals surface area contributed by atoms with Crippen LogP contribution in [-0.2, 0) is 26.8 Å². The summed E-state index contributed by atoms with van der Waals surface area (Å²) in [7, 11) is -16.3. The monoisotopic (exact) mass is 474 g/mol. The van der Waals surface area contributed by atoms with Crippen LogP contribution in [0.25, 0.3) is 0 Å². The Bertz CT molecular complexity index is 1120. The molecule has 14 nitrogen and oxygen atoms in total. The van der Waals surface area contributed by atoms with E-state index in [2.05, 4.69) is 13.6 Å². The van der Waals surface area contributed by atoms with Crippen molar-refractivity contribution < 1.29 is 46.4 Å². The molecule has 2 aliphatic carbocycles. The largest absolute Gasteiger partial charge is 0.490 e. The number of phosphoric ester groups is 1. The summed E-state index contributed by atoms with van der Waals surface area (Å²) in [5, 5.41) is 0. The number of nitrogens with zero attached hydrogens (tertiary/aromatic N) is 1. The van der Waals surface area contributed by atoms with Gasteiger partial charge in [-0.25, -0.2) is 18.5 Å². The Morgan fingerprint density at radius 2 is 1.83 bits per heavy atom. The van der Waals surface area contributed by atoms with Crippen LogP contribution in [0.3, 0.4) is 0 Å². The van der Waals surface area contributed by atoms with Crippen LogP contribution in [0.4, 0.5) is 0 Å². The first-order valence-corrected chi connectivity index (χ1v) is 12.5. The molecule has 5 atom stereocenters. The zero-order valence-electron chi connectivity index (χ0n) is 14.6. The maximum absolute atomic E-state index is 12.0. The molecule has 5 N–H and O–H groups in total. The van der Waals surface area contributed by atoms with Gasteiger partial charge in [-0.15, -0.1) is 0 Å². The van der Waals surface area contributed by atoms with Gasteiger partial charge in [0.2, 0.25) is 0 Å². The number of H-pyrrole nitrogens is 1. The van der Waals surface area contributed by atoms with Gasteiger partial charge in [0.1, 0.15) is 0 Å². The van der Waals surface area contributed by atoms with E-state index in [0.29, 0.717) is 12.0 Å². The molecule has 0 spiro atoms. The topological polar surface area (TPSA) is 215 Å². The van der Waals surface area contributed by atoms with Crippen molar-refractivity contribution in [2.75, 3.05) is 6.61 Å². The molecule has 3 rings (SSSR count). The Labute approximate surface area is 162 Å². The molecule has 0 bridgehead atoms. The highest BCUT2D eigenvalue weighted by molar-refractivity contribution is 7.66. The highest BCUT2D eigenvalue weighted by Crippen LogP contribution is 2.69. The van der Waals surface area contributed by atoms with E-state index in [-0.39, 0.29) is 5.92 Å². The van der Waals surface area contributed by atoms with Crippen LogP contribution in [0.5, 0.6) is 0 Å². The normalized spacial score (nSPS) is 29.8. The summed E-state index contributed by atoms with van der Waals surface area (Å²) >= 11 is 0. The highest BCUT2D eigenvalue weighted by atomic mass is 31.3. The molecule has 0 aliphatic heterocycles. The minimum absolute atomic E-state index is 0.210. The predicted molar refractivity (Wildman–Crippen MR) is 94.6 cm³/mol. The number of hydrogen-bond acceptors (Lipinski definition) is 8. The van der Waals surface area contributed by atoms with Crippen molar-refractivity contribution >= 4 is 23.5 Å².